The smallest absolute Gasteiger partial charge is 0.248 e. The van der Waals surface area contributed by atoms with Gasteiger partial charge in [-0.1, -0.05) is 37.7 Å². The van der Waals surface area contributed by atoms with Crippen molar-refractivity contribution >= 4 is 34.0 Å². The Kier molecular flexibility index (Phi) is 10.4. The molecular formula is C33H41N5O7S. The minimum Gasteiger partial charge on any atom is -0.493 e. The highest BCUT2D eigenvalue weighted by Crippen LogP contribution is 2.50. The zero-order chi connectivity index (χ0) is 33.0. The monoisotopic (exact) mass is 651 g/mol. The van der Waals surface area contributed by atoms with Crippen LogP contribution in [0.4, 0.5) is 10.8 Å². The average molecular weight is 652 g/mol. The number of ether oxygens (including phenoxy) is 4. The minimum absolute atomic E-state index is 0.0969. The van der Waals surface area contributed by atoms with Gasteiger partial charge in [0.05, 0.1) is 33.1 Å². The van der Waals surface area contributed by atoms with Gasteiger partial charge >= 0.3 is 0 Å². The Labute approximate surface area is 272 Å². The van der Waals surface area contributed by atoms with E-state index in [4.69, 9.17) is 18.9 Å². The zero-order valence-electron chi connectivity index (χ0n) is 27.0. The number of benzene rings is 1. The Morgan fingerprint density at radius 2 is 1.87 bits per heavy atom. The molecule has 3 aromatic rings. The van der Waals surface area contributed by atoms with Gasteiger partial charge in [0.15, 0.2) is 11.5 Å². The maximum Gasteiger partial charge on any atom is 0.248 e. The number of amides is 2. The van der Waals surface area contributed by atoms with Crippen LogP contribution >= 0.6 is 11.3 Å². The van der Waals surface area contributed by atoms with E-state index in [0.717, 1.165) is 29.0 Å². The van der Waals surface area contributed by atoms with Crippen LogP contribution < -0.4 is 35.6 Å². The lowest BCUT2D eigenvalue weighted by atomic mass is 9.95. The third-order valence-corrected chi connectivity index (χ3v) is 9.53. The number of carbonyl (C=O) groups is 2. The Morgan fingerprint density at radius 3 is 2.52 bits per heavy atom. The SMILES string of the molecule is CCC(C)C(Nc1ccc2c(cc1=O)C(NC(C)=O)CCc1cc(OC)c(OC)c(OC)c1-2)C(=O)Nc1nnc(C2CCCO2)s1. The van der Waals surface area contributed by atoms with Gasteiger partial charge in [0.2, 0.25) is 28.1 Å². The second-order valence-corrected chi connectivity index (χ2v) is 12.5. The van der Waals surface area contributed by atoms with Crippen LogP contribution in [0.5, 0.6) is 17.2 Å². The largest absolute Gasteiger partial charge is 0.493 e. The first-order valence-electron chi connectivity index (χ1n) is 15.5. The van der Waals surface area contributed by atoms with E-state index >= 15 is 0 Å². The van der Waals surface area contributed by atoms with Gasteiger partial charge in [-0.3, -0.25) is 19.7 Å². The van der Waals surface area contributed by atoms with Crippen molar-refractivity contribution in [2.24, 2.45) is 5.92 Å². The van der Waals surface area contributed by atoms with Crippen molar-refractivity contribution < 1.29 is 28.5 Å². The molecule has 12 nitrogen and oxygen atoms in total. The van der Waals surface area contributed by atoms with E-state index in [0.29, 0.717) is 59.4 Å². The van der Waals surface area contributed by atoms with Crippen molar-refractivity contribution in [1.82, 2.24) is 15.5 Å². The Hall–Kier alpha value is -4.23. The number of aromatic nitrogens is 2. The molecule has 0 spiro atoms. The molecule has 46 heavy (non-hydrogen) atoms. The van der Waals surface area contributed by atoms with Crippen LogP contribution in [0.3, 0.4) is 0 Å². The number of aryl methyl sites for hydroxylation is 1. The van der Waals surface area contributed by atoms with Gasteiger partial charge in [0, 0.05) is 19.1 Å². The third kappa shape index (κ3) is 6.80. The molecule has 0 radical (unpaired) electrons. The average Bonchev–Trinajstić information content (AvgIpc) is 3.69. The summed E-state index contributed by atoms with van der Waals surface area (Å²) in [6.07, 6.45) is 3.56. The highest BCUT2D eigenvalue weighted by molar-refractivity contribution is 7.15. The summed E-state index contributed by atoms with van der Waals surface area (Å²) in [6.45, 7) is 6.08. The summed E-state index contributed by atoms with van der Waals surface area (Å²) in [5.74, 6) is 0.744. The first kappa shape index (κ1) is 33.1. The second-order valence-electron chi connectivity index (χ2n) is 11.5. The predicted octanol–water partition coefficient (Wildman–Crippen LogP) is 5.03. The number of hydrogen-bond donors (Lipinski definition) is 3. The molecule has 1 aliphatic heterocycles. The lowest BCUT2D eigenvalue weighted by Crippen LogP contribution is -2.40. The number of hydrogen-bond acceptors (Lipinski definition) is 11. The Morgan fingerprint density at radius 1 is 1.09 bits per heavy atom. The molecule has 2 heterocycles. The molecule has 246 valence electrons. The van der Waals surface area contributed by atoms with Gasteiger partial charge in [-0.2, -0.15) is 0 Å². The van der Waals surface area contributed by atoms with Gasteiger partial charge < -0.3 is 29.6 Å². The molecule has 1 aliphatic carbocycles. The van der Waals surface area contributed by atoms with E-state index in [2.05, 4.69) is 26.1 Å². The van der Waals surface area contributed by atoms with Crippen molar-refractivity contribution in [1.29, 1.82) is 0 Å². The molecule has 2 aromatic carbocycles. The fourth-order valence-corrected chi connectivity index (χ4v) is 6.90. The maximum atomic E-state index is 13.9. The van der Waals surface area contributed by atoms with Crippen molar-refractivity contribution in [2.45, 2.75) is 71.1 Å². The van der Waals surface area contributed by atoms with E-state index in [-0.39, 0.29) is 35.0 Å². The van der Waals surface area contributed by atoms with E-state index in [9.17, 15) is 14.4 Å². The van der Waals surface area contributed by atoms with Crippen molar-refractivity contribution in [2.75, 3.05) is 38.6 Å². The molecule has 2 amide bonds. The summed E-state index contributed by atoms with van der Waals surface area (Å²) in [5, 5.41) is 18.6. The summed E-state index contributed by atoms with van der Waals surface area (Å²) in [4.78, 5) is 39.8. The molecule has 0 bridgehead atoms. The number of rotatable bonds is 11. The first-order chi connectivity index (χ1) is 22.2. The summed E-state index contributed by atoms with van der Waals surface area (Å²) in [7, 11) is 4.66. The van der Waals surface area contributed by atoms with Crippen LogP contribution in [-0.4, -0.2) is 56.0 Å². The molecule has 4 atom stereocenters. The standard InChI is InChI=1S/C33H41N5O7S/c1-7-17(2)28(31(41)36-33-38-37-32(46-33)25-9-8-14-45-25)35-23-13-11-20-21(16-24(23)40)22(34-18(3)39)12-10-19-15-26(42-4)29(43-5)30(44-6)27(19)20/h11,13,15-17,22,25,28H,7-10,12,14H2,1-6H3,(H,34,39)(H,35,40)(H,36,38,41). The molecule has 2 aliphatic rings. The van der Waals surface area contributed by atoms with Crippen LogP contribution in [0.25, 0.3) is 11.1 Å². The molecule has 4 unspecified atom stereocenters. The quantitative estimate of drug-likeness (QED) is 0.258. The van der Waals surface area contributed by atoms with Crippen molar-refractivity contribution in [3.05, 3.63) is 50.6 Å². The number of nitrogens with one attached hydrogen (secondary N) is 3. The van der Waals surface area contributed by atoms with Crippen LogP contribution in [0.1, 0.15) is 74.7 Å². The predicted molar refractivity (Wildman–Crippen MR) is 176 cm³/mol. The number of carbonyl (C=O) groups excluding carboxylic acids is 2. The van der Waals surface area contributed by atoms with Gasteiger partial charge in [0.1, 0.15) is 17.2 Å². The fourth-order valence-electron chi connectivity index (χ4n) is 6.07. The van der Waals surface area contributed by atoms with E-state index < -0.39 is 12.1 Å². The van der Waals surface area contributed by atoms with Crippen molar-refractivity contribution in [3.63, 3.8) is 0 Å². The lowest BCUT2D eigenvalue weighted by molar-refractivity contribution is -0.120. The summed E-state index contributed by atoms with van der Waals surface area (Å²) >= 11 is 1.30. The Bertz CT molecular complexity index is 1660. The topological polar surface area (TPSA) is 150 Å². The van der Waals surface area contributed by atoms with E-state index in [1.54, 1.807) is 27.4 Å². The number of nitrogens with zero attached hydrogens (tertiary/aromatic N) is 2. The molecule has 1 fully saturated rings. The van der Waals surface area contributed by atoms with Crippen LogP contribution in [0.2, 0.25) is 0 Å². The van der Waals surface area contributed by atoms with Gasteiger partial charge in [-0.25, -0.2) is 0 Å². The molecule has 0 saturated carbocycles. The number of fused-ring (bicyclic) bond motifs is 3. The van der Waals surface area contributed by atoms with Crippen molar-refractivity contribution in [3.8, 4) is 28.4 Å². The van der Waals surface area contributed by atoms with Crippen LogP contribution in [0, 0.1) is 5.92 Å². The fraction of sp³-hybridized carbons (Fsp3) is 0.485. The first-order valence-corrected chi connectivity index (χ1v) is 16.3. The van der Waals surface area contributed by atoms with Crippen LogP contribution in [-0.2, 0) is 20.7 Å². The highest BCUT2D eigenvalue weighted by Gasteiger charge is 2.31. The zero-order valence-corrected chi connectivity index (χ0v) is 27.8. The van der Waals surface area contributed by atoms with Gasteiger partial charge in [-0.15, -0.1) is 10.2 Å². The Balaban J connectivity index is 1.55. The summed E-state index contributed by atoms with van der Waals surface area (Å²) in [6, 6.07) is 5.76. The summed E-state index contributed by atoms with van der Waals surface area (Å²) in [5.41, 5.74) is 2.93. The number of methoxy groups -OCH3 is 3. The maximum absolute atomic E-state index is 13.9. The third-order valence-electron chi connectivity index (χ3n) is 8.60. The molecule has 13 heteroatoms. The van der Waals surface area contributed by atoms with Gasteiger partial charge in [0.25, 0.3) is 0 Å². The molecule has 3 N–H and O–H groups in total. The second kappa shape index (κ2) is 14.5. The number of anilines is 2. The van der Waals surface area contributed by atoms with Crippen LogP contribution in [0.15, 0.2) is 29.1 Å². The normalized spacial score (nSPS) is 18.3. The lowest BCUT2D eigenvalue weighted by Gasteiger charge is -2.23. The molecule has 1 aromatic heterocycles. The van der Waals surface area contributed by atoms with E-state index in [1.165, 1.54) is 24.3 Å². The molecular weight excluding hydrogens is 610 g/mol. The minimum atomic E-state index is -0.743. The molecule has 1 saturated heterocycles. The summed E-state index contributed by atoms with van der Waals surface area (Å²) < 4.78 is 22.9. The molecule has 5 rings (SSSR count). The highest BCUT2D eigenvalue weighted by atomic mass is 32.1. The van der Waals surface area contributed by atoms with E-state index in [1.807, 2.05) is 26.0 Å². The van der Waals surface area contributed by atoms with Gasteiger partial charge in [-0.05, 0) is 66.5 Å².